The van der Waals surface area contributed by atoms with E-state index < -0.39 is 0 Å². The van der Waals surface area contributed by atoms with Gasteiger partial charge in [0, 0.05) is 12.6 Å². The number of nitrogens with zero attached hydrogens (tertiary/aromatic N) is 1. The first-order chi connectivity index (χ1) is 5.79. The summed E-state index contributed by atoms with van der Waals surface area (Å²) in [4.78, 5) is 7.13. The molecule has 0 saturated heterocycles. The molecule has 0 aliphatic carbocycles. The molecule has 0 amide bonds. The number of H-pyrrole nitrogens is 1. The van der Waals surface area contributed by atoms with Gasteiger partial charge in [-0.25, -0.2) is 0 Å². The molecule has 0 saturated carbocycles. The molecule has 2 aromatic rings. The minimum atomic E-state index is 0.381. The second kappa shape index (κ2) is 2.44. The Balaban J connectivity index is 2.43. The molecule has 0 aliphatic rings. The summed E-state index contributed by atoms with van der Waals surface area (Å²) >= 11 is 0. The molecule has 0 unspecified atom stereocenters. The highest BCUT2D eigenvalue weighted by Gasteiger charge is 2.05. The zero-order chi connectivity index (χ0) is 8.55. The molecule has 0 atom stereocenters. The third kappa shape index (κ3) is 0.990. The maximum atomic E-state index is 5.41. The van der Waals surface area contributed by atoms with Gasteiger partial charge in [-0.1, -0.05) is 0 Å². The lowest BCUT2D eigenvalue weighted by atomic mass is 10.5. The molecule has 2 heterocycles. The summed E-state index contributed by atoms with van der Waals surface area (Å²) in [6.45, 7) is 2.82. The molecule has 64 valence electrons. The topological polar surface area (TPSA) is 79.9 Å². The number of fused-ring (bicyclic) bond motifs is 1. The van der Waals surface area contributed by atoms with Crippen molar-refractivity contribution in [1.29, 1.82) is 0 Å². The van der Waals surface area contributed by atoms with Gasteiger partial charge < -0.3 is 20.5 Å². The molecule has 4 N–H and O–H groups in total. The monoisotopic (exact) mass is 166 g/mol. The second-order valence-corrected chi connectivity index (χ2v) is 2.48. The number of furan rings is 1. The van der Waals surface area contributed by atoms with Crippen molar-refractivity contribution in [3.63, 3.8) is 0 Å². The van der Waals surface area contributed by atoms with E-state index in [0.29, 0.717) is 17.5 Å². The van der Waals surface area contributed by atoms with Gasteiger partial charge in [-0.05, 0) is 6.92 Å². The summed E-state index contributed by atoms with van der Waals surface area (Å²) in [5.41, 5.74) is 6.78. The lowest BCUT2D eigenvalue weighted by Gasteiger charge is -1.93. The number of imidazole rings is 1. The third-order valence-corrected chi connectivity index (χ3v) is 1.54. The minimum absolute atomic E-state index is 0.381. The number of aromatic amines is 1. The van der Waals surface area contributed by atoms with Crippen LogP contribution in [0.2, 0.25) is 0 Å². The van der Waals surface area contributed by atoms with Crippen LogP contribution in [0.1, 0.15) is 6.92 Å². The molecular weight excluding hydrogens is 156 g/mol. The molecule has 2 aromatic heterocycles. The van der Waals surface area contributed by atoms with E-state index in [1.54, 1.807) is 6.07 Å². The van der Waals surface area contributed by atoms with Crippen molar-refractivity contribution in [2.24, 2.45) is 0 Å². The molecule has 0 spiro atoms. The van der Waals surface area contributed by atoms with Gasteiger partial charge in [-0.15, -0.1) is 0 Å². The van der Waals surface area contributed by atoms with Crippen molar-refractivity contribution in [3.05, 3.63) is 6.07 Å². The van der Waals surface area contributed by atoms with E-state index in [2.05, 4.69) is 15.3 Å². The molecule has 12 heavy (non-hydrogen) atoms. The fourth-order valence-corrected chi connectivity index (χ4v) is 1.08. The van der Waals surface area contributed by atoms with Gasteiger partial charge in [0.1, 0.15) is 5.52 Å². The quantitative estimate of drug-likeness (QED) is 0.625. The largest absolute Gasteiger partial charge is 0.421 e. The molecular formula is C7H10N4O. The van der Waals surface area contributed by atoms with Crippen molar-refractivity contribution in [2.75, 3.05) is 17.6 Å². The number of nitrogens with one attached hydrogen (secondary N) is 2. The summed E-state index contributed by atoms with van der Waals surface area (Å²) in [7, 11) is 0. The predicted molar refractivity (Wildman–Crippen MR) is 46.9 cm³/mol. The normalized spacial score (nSPS) is 10.8. The summed E-state index contributed by atoms with van der Waals surface area (Å²) in [5, 5.41) is 3.04. The third-order valence-electron chi connectivity index (χ3n) is 1.54. The minimum Gasteiger partial charge on any atom is -0.421 e. The summed E-state index contributed by atoms with van der Waals surface area (Å²) in [6, 6.07) is 1.71. The van der Waals surface area contributed by atoms with E-state index in [1.807, 2.05) is 6.92 Å². The number of aromatic nitrogens is 2. The van der Waals surface area contributed by atoms with Gasteiger partial charge in [0.15, 0.2) is 5.88 Å². The number of hydrogen-bond acceptors (Lipinski definition) is 4. The van der Waals surface area contributed by atoms with E-state index in [4.69, 9.17) is 10.2 Å². The van der Waals surface area contributed by atoms with Gasteiger partial charge in [0.25, 0.3) is 0 Å². The van der Waals surface area contributed by atoms with Crippen molar-refractivity contribution >= 4 is 23.1 Å². The van der Waals surface area contributed by atoms with E-state index in [9.17, 15) is 0 Å². The predicted octanol–water partition coefficient (Wildman–Crippen LogP) is 1.17. The first-order valence-corrected chi connectivity index (χ1v) is 3.78. The van der Waals surface area contributed by atoms with Crippen LogP contribution in [0.5, 0.6) is 0 Å². The van der Waals surface area contributed by atoms with Gasteiger partial charge in [0.05, 0.1) is 0 Å². The van der Waals surface area contributed by atoms with Crippen LogP contribution in [-0.2, 0) is 0 Å². The van der Waals surface area contributed by atoms with Crippen LogP contribution in [0.4, 0.5) is 11.8 Å². The van der Waals surface area contributed by atoms with Crippen LogP contribution in [-0.4, -0.2) is 16.5 Å². The van der Waals surface area contributed by atoms with Crippen molar-refractivity contribution < 1.29 is 4.42 Å². The fourth-order valence-electron chi connectivity index (χ4n) is 1.08. The van der Waals surface area contributed by atoms with Gasteiger partial charge in [0.2, 0.25) is 11.7 Å². The van der Waals surface area contributed by atoms with Crippen LogP contribution in [0.25, 0.3) is 11.2 Å². The van der Waals surface area contributed by atoms with E-state index in [1.165, 1.54) is 0 Å². The molecule has 0 aromatic carbocycles. The fraction of sp³-hybridized carbons (Fsp3) is 0.286. The highest BCUT2D eigenvalue weighted by Crippen LogP contribution is 2.19. The lowest BCUT2D eigenvalue weighted by molar-refractivity contribution is 0.625. The van der Waals surface area contributed by atoms with Crippen molar-refractivity contribution in [3.8, 4) is 0 Å². The van der Waals surface area contributed by atoms with Gasteiger partial charge in [-0.3, -0.25) is 0 Å². The smallest absolute Gasteiger partial charge is 0.248 e. The Labute approximate surface area is 69.0 Å². The van der Waals surface area contributed by atoms with Crippen molar-refractivity contribution in [1.82, 2.24) is 9.97 Å². The zero-order valence-corrected chi connectivity index (χ0v) is 6.72. The Morgan fingerprint density at radius 3 is 3.25 bits per heavy atom. The van der Waals surface area contributed by atoms with Crippen LogP contribution in [0.3, 0.4) is 0 Å². The van der Waals surface area contributed by atoms with Crippen LogP contribution < -0.4 is 11.1 Å². The summed E-state index contributed by atoms with van der Waals surface area (Å²) in [5.74, 6) is 1.10. The number of hydrogen-bond donors (Lipinski definition) is 3. The highest BCUT2D eigenvalue weighted by atomic mass is 16.4. The van der Waals surface area contributed by atoms with Gasteiger partial charge >= 0.3 is 0 Å². The lowest BCUT2D eigenvalue weighted by Crippen LogP contribution is -1.97. The number of rotatable bonds is 2. The molecule has 0 fully saturated rings. The van der Waals surface area contributed by atoms with Crippen LogP contribution in [0.15, 0.2) is 10.5 Å². The molecule has 0 radical (unpaired) electrons. The number of anilines is 2. The summed E-state index contributed by atoms with van der Waals surface area (Å²) in [6.07, 6.45) is 0. The first kappa shape index (κ1) is 7.02. The Kier molecular flexibility index (Phi) is 1.43. The highest BCUT2D eigenvalue weighted by molar-refractivity contribution is 5.75. The van der Waals surface area contributed by atoms with E-state index in [0.717, 1.165) is 12.1 Å². The summed E-state index contributed by atoms with van der Waals surface area (Å²) < 4.78 is 5.09. The zero-order valence-electron chi connectivity index (χ0n) is 6.72. The average Bonchev–Trinajstić information content (AvgIpc) is 2.44. The van der Waals surface area contributed by atoms with E-state index >= 15 is 0 Å². The average molecular weight is 166 g/mol. The molecule has 0 bridgehead atoms. The SMILES string of the molecule is CCNc1nc2oc(N)cc2[nH]1. The Morgan fingerprint density at radius 2 is 2.58 bits per heavy atom. The maximum absolute atomic E-state index is 5.41. The molecule has 0 aliphatic heterocycles. The van der Waals surface area contributed by atoms with Crippen molar-refractivity contribution in [2.45, 2.75) is 6.92 Å². The Bertz CT molecular complexity index is 357. The Morgan fingerprint density at radius 1 is 1.75 bits per heavy atom. The van der Waals surface area contributed by atoms with Crippen LogP contribution in [0, 0.1) is 0 Å². The standard InChI is InChI=1S/C7H10N4O/c1-2-9-7-10-4-3-5(8)12-6(4)11-7/h3H,2,8H2,1H3,(H2,9,10,11). The molecule has 5 heteroatoms. The molecule has 2 rings (SSSR count). The van der Waals surface area contributed by atoms with Crippen LogP contribution >= 0.6 is 0 Å². The van der Waals surface area contributed by atoms with E-state index in [-0.39, 0.29) is 0 Å². The Hall–Kier alpha value is -1.65. The first-order valence-electron chi connectivity index (χ1n) is 3.78. The second-order valence-electron chi connectivity index (χ2n) is 2.48. The molecule has 5 nitrogen and oxygen atoms in total. The maximum Gasteiger partial charge on any atom is 0.248 e. The number of nitrogens with two attached hydrogens (primary N) is 1. The number of nitrogen functional groups attached to an aromatic ring is 1. The van der Waals surface area contributed by atoms with Gasteiger partial charge in [-0.2, -0.15) is 4.98 Å².